The first-order chi connectivity index (χ1) is 9.19. The molecule has 2 atom stereocenters. The van der Waals surface area contributed by atoms with Crippen LogP contribution in [0.25, 0.3) is 0 Å². The van der Waals surface area contributed by atoms with Crippen LogP contribution in [0.3, 0.4) is 0 Å². The molecule has 0 radical (unpaired) electrons. The highest BCUT2D eigenvalue weighted by atomic mass is 32.2. The van der Waals surface area contributed by atoms with E-state index in [-0.39, 0.29) is 18.5 Å². The number of likely N-dealkylation sites (tertiary alicyclic amines) is 1. The average Bonchev–Trinajstić information content (AvgIpc) is 2.70. The summed E-state index contributed by atoms with van der Waals surface area (Å²) in [6.45, 7) is 5.05. The Morgan fingerprint density at radius 3 is 2.30 bits per heavy atom. The fourth-order valence-corrected chi connectivity index (χ4v) is 3.05. The average molecular weight is 305 g/mol. The summed E-state index contributed by atoms with van der Waals surface area (Å²) < 4.78 is 22.5. The van der Waals surface area contributed by atoms with Crippen LogP contribution >= 0.6 is 0 Å². The van der Waals surface area contributed by atoms with Crippen molar-refractivity contribution in [2.45, 2.75) is 32.4 Å². The molecule has 0 aromatic carbocycles. The van der Waals surface area contributed by atoms with Crippen LogP contribution in [0.5, 0.6) is 0 Å². The van der Waals surface area contributed by atoms with Crippen LogP contribution in [0.2, 0.25) is 0 Å². The van der Waals surface area contributed by atoms with E-state index in [1.807, 2.05) is 13.8 Å². The zero-order valence-corrected chi connectivity index (χ0v) is 13.0. The highest BCUT2D eigenvalue weighted by Crippen LogP contribution is 2.19. The third-order valence-corrected chi connectivity index (χ3v) is 4.17. The quantitative estimate of drug-likeness (QED) is 0.689. The first-order valence-corrected chi connectivity index (χ1v) is 8.77. The van der Waals surface area contributed by atoms with Crippen LogP contribution < -0.4 is 5.73 Å². The van der Waals surface area contributed by atoms with Crippen molar-refractivity contribution in [1.29, 1.82) is 0 Å². The molecule has 1 rings (SSSR count). The van der Waals surface area contributed by atoms with Gasteiger partial charge in [-0.05, 0) is 20.3 Å². The topological polar surface area (TPSA) is 101 Å². The van der Waals surface area contributed by atoms with Crippen molar-refractivity contribution in [2.24, 2.45) is 5.73 Å². The minimum atomic E-state index is -3.42. The van der Waals surface area contributed by atoms with Gasteiger partial charge in [0.15, 0.2) is 9.84 Å². The van der Waals surface area contributed by atoms with Gasteiger partial charge in [-0.3, -0.25) is 9.59 Å². The van der Waals surface area contributed by atoms with E-state index in [2.05, 4.69) is 0 Å². The van der Waals surface area contributed by atoms with Crippen LogP contribution in [0.4, 0.5) is 0 Å². The van der Waals surface area contributed by atoms with Gasteiger partial charge in [-0.25, -0.2) is 8.42 Å². The fraction of sp³-hybridized carbons (Fsp3) is 0.833. The molecule has 0 spiro atoms. The van der Waals surface area contributed by atoms with Crippen molar-refractivity contribution in [1.82, 2.24) is 9.80 Å². The maximum absolute atomic E-state index is 12.4. The summed E-state index contributed by atoms with van der Waals surface area (Å²) >= 11 is 0. The summed E-state index contributed by atoms with van der Waals surface area (Å²) in [5, 5.41) is 0. The van der Waals surface area contributed by atoms with Gasteiger partial charge < -0.3 is 15.5 Å². The predicted octanol–water partition coefficient (Wildman–Crippen LogP) is -1.17. The number of amides is 2. The standard InChI is InChI=1S/C12H23N3O4S/c1-4-14(5-2)12(17)10-6-9(13)7-15(10)11(16)8-20(3,18)19/h9-10H,4-8,13H2,1-3H3/t9-,10+/m1/s1. The monoisotopic (exact) mass is 305 g/mol. The Morgan fingerprint density at radius 1 is 1.30 bits per heavy atom. The maximum Gasteiger partial charge on any atom is 0.245 e. The number of rotatable bonds is 5. The number of likely N-dealkylation sites (N-methyl/N-ethyl adjacent to an activating group) is 1. The lowest BCUT2D eigenvalue weighted by molar-refractivity contribution is -0.142. The van der Waals surface area contributed by atoms with Crippen LogP contribution in [0.1, 0.15) is 20.3 Å². The Bertz CT molecular complexity index is 473. The first-order valence-electron chi connectivity index (χ1n) is 6.71. The van der Waals surface area contributed by atoms with Crippen molar-refractivity contribution in [3.05, 3.63) is 0 Å². The summed E-state index contributed by atoms with van der Waals surface area (Å²) in [7, 11) is -3.42. The van der Waals surface area contributed by atoms with E-state index < -0.39 is 27.5 Å². The normalized spacial score (nSPS) is 22.9. The zero-order valence-electron chi connectivity index (χ0n) is 12.2. The number of nitrogens with two attached hydrogens (primary N) is 1. The van der Waals surface area contributed by atoms with Gasteiger partial charge in [-0.2, -0.15) is 0 Å². The second-order valence-corrected chi connectivity index (χ2v) is 7.28. The molecule has 0 aromatic rings. The van der Waals surface area contributed by atoms with E-state index in [9.17, 15) is 18.0 Å². The molecule has 0 unspecified atom stereocenters. The van der Waals surface area contributed by atoms with Crippen molar-refractivity contribution in [3.8, 4) is 0 Å². The highest BCUT2D eigenvalue weighted by Gasteiger charge is 2.40. The van der Waals surface area contributed by atoms with E-state index in [0.29, 0.717) is 19.5 Å². The van der Waals surface area contributed by atoms with Gasteiger partial charge in [0.05, 0.1) is 0 Å². The molecule has 1 aliphatic heterocycles. The number of nitrogens with zero attached hydrogens (tertiary/aromatic N) is 2. The van der Waals surface area contributed by atoms with Gasteiger partial charge in [-0.15, -0.1) is 0 Å². The molecule has 7 nitrogen and oxygen atoms in total. The molecule has 116 valence electrons. The molecular weight excluding hydrogens is 282 g/mol. The molecule has 1 heterocycles. The SMILES string of the molecule is CCN(CC)C(=O)[C@@H]1C[C@@H](N)CN1C(=O)CS(C)(=O)=O. The third-order valence-electron chi connectivity index (χ3n) is 3.40. The molecule has 1 aliphatic rings. The smallest absolute Gasteiger partial charge is 0.245 e. The molecule has 0 aromatic heterocycles. The van der Waals surface area contributed by atoms with Gasteiger partial charge in [0.1, 0.15) is 11.8 Å². The van der Waals surface area contributed by atoms with E-state index in [1.54, 1.807) is 4.90 Å². The lowest BCUT2D eigenvalue weighted by atomic mass is 10.1. The minimum Gasteiger partial charge on any atom is -0.341 e. The van der Waals surface area contributed by atoms with Crippen molar-refractivity contribution < 1.29 is 18.0 Å². The second-order valence-electron chi connectivity index (χ2n) is 5.14. The number of sulfone groups is 1. The Balaban J connectivity index is 2.88. The second kappa shape index (κ2) is 6.53. The molecule has 0 bridgehead atoms. The maximum atomic E-state index is 12.4. The summed E-state index contributed by atoms with van der Waals surface area (Å²) in [6, 6.07) is -0.929. The Kier molecular flexibility index (Phi) is 5.52. The number of carbonyl (C=O) groups excluding carboxylic acids is 2. The first kappa shape index (κ1) is 16.9. The Morgan fingerprint density at radius 2 is 1.85 bits per heavy atom. The third kappa shape index (κ3) is 4.17. The molecule has 0 saturated carbocycles. The Labute approximate surface area is 120 Å². The van der Waals surface area contributed by atoms with E-state index in [0.717, 1.165) is 6.26 Å². The zero-order chi connectivity index (χ0) is 15.5. The van der Waals surface area contributed by atoms with Gasteiger partial charge in [-0.1, -0.05) is 0 Å². The van der Waals surface area contributed by atoms with Crippen LogP contribution in [-0.2, 0) is 19.4 Å². The highest BCUT2D eigenvalue weighted by molar-refractivity contribution is 7.91. The van der Waals surface area contributed by atoms with Gasteiger partial charge in [0, 0.05) is 31.9 Å². The summed E-state index contributed by atoms with van der Waals surface area (Å²) in [4.78, 5) is 27.3. The van der Waals surface area contributed by atoms with Crippen molar-refractivity contribution >= 4 is 21.7 Å². The largest absolute Gasteiger partial charge is 0.341 e. The molecule has 1 saturated heterocycles. The van der Waals surface area contributed by atoms with E-state index >= 15 is 0 Å². The molecule has 8 heteroatoms. The molecule has 1 fully saturated rings. The molecule has 0 aliphatic carbocycles. The summed E-state index contributed by atoms with van der Waals surface area (Å²) in [6.07, 6.45) is 1.38. The fourth-order valence-electron chi connectivity index (χ4n) is 2.43. The van der Waals surface area contributed by atoms with Crippen molar-refractivity contribution in [2.75, 3.05) is 31.6 Å². The molecule has 2 amide bonds. The number of carbonyl (C=O) groups is 2. The van der Waals surface area contributed by atoms with Crippen molar-refractivity contribution in [3.63, 3.8) is 0 Å². The Hall–Kier alpha value is -1.15. The molecule has 20 heavy (non-hydrogen) atoms. The lowest BCUT2D eigenvalue weighted by Gasteiger charge is -2.28. The van der Waals surface area contributed by atoms with Gasteiger partial charge in [0.2, 0.25) is 11.8 Å². The van der Waals surface area contributed by atoms with Crippen LogP contribution in [0.15, 0.2) is 0 Å². The van der Waals surface area contributed by atoms with Crippen LogP contribution in [0, 0.1) is 0 Å². The minimum absolute atomic E-state index is 0.162. The van der Waals surface area contributed by atoms with Gasteiger partial charge in [0.25, 0.3) is 0 Å². The summed E-state index contributed by atoms with van der Waals surface area (Å²) in [5.74, 6) is -1.29. The lowest BCUT2D eigenvalue weighted by Crippen LogP contribution is -2.49. The number of hydrogen-bond donors (Lipinski definition) is 1. The van der Waals surface area contributed by atoms with Gasteiger partial charge >= 0.3 is 0 Å². The van der Waals surface area contributed by atoms with E-state index in [1.165, 1.54) is 4.90 Å². The molecular formula is C12H23N3O4S. The van der Waals surface area contributed by atoms with Crippen LogP contribution in [-0.4, -0.2) is 73.8 Å². The molecule has 2 N–H and O–H groups in total. The summed E-state index contributed by atoms with van der Waals surface area (Å²) in [5.41, 5.74) is 5.82. The predicted molar refractivity (Wildman–Crippen MR) is 75.7 cm³/mol. The number of hydrogen-bond acceptors (Lipinski definition) is 5. The van der Waals surface area contributed by atoms with E-state index in [4.69, 9.17) is 5.73 Å².